The summed E-state index contributed by atoms with van der Waals surface area (Å²) in [6.45, 7) is 11.0. The summed E-state index contributed by atoms with van der Waals surface area (Å²) >= 11 is 0. The van der Waals surface area contributed by atoms with Crippen LogP contribution in [0.15, 0.2) is 34.1 Å². The molecule has 2 atom stereocenters. The molecule has 0 heterocycles. The van der Waals surface area contributed by atoms with Gasteiger partial charge in [-0.15, -0.1) is 0 Å². The van der Waals surface area contributed by atoms with E-state index in [2.05, 4.69) is 9.44 Å². The predicted molar refractivity (Wildman–Crippen MR) is 128 cm³/mol. The number of hydrogen-bond acceptors (Lipinski definition) is 4. The highest BCUT2D eigenvalue weighted by Gasteiger charge is 2.34. The molecular weight excluding hydrogens is 444 g/mol. The number of nitrogens with one attached hydrogen (secondary N) is 2. The van der Waals surface area contributed by atoms with Gasteiger partial charge in [-0.3, -0.25) is 0 Å². The van der Waals surface area contributed by atoms with Crippen LogP contribution in [0.1, 0.15) is 59.1 Å². The van der Waals surface area contributed by atoms with Gasteiger partial charge in [-0.25, -0.2) is 26.3 Å². The first-order chi connectivity index (χ1) is 14.8. The van der Waals surface area contributed by atoms with Gasteiger partial charge >= 0.3 is 0 Å². The van der Waals surface area contributed by atoms with Gasteiger partial charge in [-0.05, 0) is 76.6 Å². The molecule has 32 heavy (non-hydrogen) atoms. The molecule has 1 aliphatic rings. The Kier molecular flexibility index (Phi) is 7.20. The first-order valence-electron chi connectivity index (χ1n) is 11.0. The maximum absolute atomic E-state index is 13.3. The van der Waals surface area contributed by atoms with Gasteiger partial charge in [-0.2, -0.15) is 0 Å². The molecule has 0 spiro atoms. The number of aryl methyl sites for hydroxylation is 6. The molecular formula is C24H34N2O4S2. The summed E-state index contributed by atoms with van der Waals surface area (Å²) in [5.41, 5.74) is 4.77. The highest BCUT2D eigenvalue weighted by molar-refractivity contribution is 7.90. The molecule has 1 saturated carbocycles. The Morgan fingerprint density at radius 3 is 1.16 bits per heavy atom. The van der Waals surface area contributed by atoms with Crippen molar-refractivity contribution in [1.82, 2.24) is 9.44 Å². The minimum Gasteiger partial charge on any atom is -0.207 e. The minimum absolute atomic E-state index is 0.278. The predicted octanol–water partition coefficient (Wildman–Crippen LogP) is 4.11. The van der Waals surface area contributed by atoms with Gasteiger partial charge in [0.1, 0.15) is 0 Å². The second-order valence-corrected chi connectivity index (χ2v) is 12.5. The van der Waals surface area contributed by atoms with E-state index < -0.39 is 32.1 Å². The van der Waals surface area contributed by atoms with Gasteiger partial charge in [0.05, 0.1) is 9.79 Å². The number of hydrogen-bond donors (Lipinski definition) is 2. The van der Waals surface area contributed by atoms with E-state index >= 15 is 0 Å². The van der Waals surface area contributed by atoms with E-state index in [4.69, 9.17) is 0 Å². The molecule has 2 unspecified atom stereocenters. The summed E-state index contributed by atoms with van der Waals surface area (Å²) in [7, 11) is -7.60. The Hall–Kier alpha value is -1.74. The van der Waals surface area contributed by atoms with Crippen molar-refractivity contribution in [3.63, 3.8) is 0 Å². The van der Waals surface area contributed by atoms with Crippen LogP contribution < -0.4 is 9.44 Å². The zero-order valence-corrected chi connectivity index (χ0v) is 21.4. The molecule has 2 aromatic rings. The van der Waals surface area contributed by atoms with Gasteiger partial charge in [0, 0.05) is 12.1 Å². The maximum atomic E-state index is 13.3. The van der Waals surface area contributed by atoms with Crippen LogP contribution >= 0.6 is 0 Å². The molecule has 0 amide bonds. The average molecular weight is 479 g/mol. The van der Waals surface area contributed by atoms with Crippen molar-refractivity contribution in [2.45, 2.75) is 89.1 Å². The molecule has 0 aliphatic heterocycles. The monoisotopic (exact) mass is 478 g/mol. The highest BCUT2D eigenvalue weighted by atomic mass is 32.2. The van der Waals surface area contributed by atoms with Crippen LogP contribution in [0.5, 0.6) is 0 Å². The van der Waals surface area contributed by atoms with Crippen molar-refractivity contribution in [2.24, 2.45) is 0 Å². The van der Waals surface area contributed by atoms with Crippen molar-refractivity contribution in [3.05, 3.63) is 57.6 Å². The molecule has 176 valence electrons. The zero-order chi connectivity index (χ0) is 23.8. The van der Waals surface area contributed by atoms with Crippen LogP contribution in [0.25, 0.3) is 0 Å². The van der Waals surface area contributed by atoms with E-state index in [0.717, 1.165) is 24.0 Å². The topological polar surface area (TPSA) is 92.3 Å². The lowest BCUT2D eigenvalue weighted by molar-refractivity contribution is 0.340. The third-order valence-corrected chi connectivity index (χ3v) is 9.71. The van der Waals surface area contributed by atoms with E-state index in [0.29, 0.717) is 35.1 Å². The fraction of sp³-hybridized carbons (Fsp3) is 0.500. The van der Waals surface area contributed by atoms with Gasteiger partial charge < -0.3 is 0 Å². The lowest BCUT2D eigenvalue weighted by Crippen LogP contribution is -2.53. The Labute approximate surface area is 192 Å². The van der Waals surface area contributed by atoms with E-state index in [-0.39, 0.29) is 9.79 Å². The Balaban J connectivity index is 1.90. The fourth-order valence-electron chi connectivity index (χ4n) is 5.11. The summed E-state index contributed by atoms with van der Waals surface area (Å²) in [6.07, 6.45) is 2.87. The normalized spacial score (nSPS) is 19.8. The third-order valence-electron chi connectivity index (χ3n) is 6.13. The molecule has 3 rings (SSSR count). The number of benzene rings is 2. The smallest absolute Gasteiger partial charge is 0.207 e. The van der Waals surface area contributed by atoms with Gasteiger partial charge in [0.15, 0.2) is 0 Å². The van der Waals surface area contributed by atoms with Crippen molar-refractivity contribution in [1.29, 1.82) is 0 Å². The summed E-state index contributed by atoms with van der Waals surface area (Å²) in [4.78, 5) is 0.556. The number of sulfonamides is 2. The summed E-state index contributed by atoms with van der Waals surface area (Å²) < 4.78 is 58.8. The SMILES string of the molecule is Cc1cc(C)c(S(=O)(=O)NC2CCCCC2NS(=O)(=O)c2c(C)cc(C)cc2C)c(C)c1. The van der Waals surface area contributed by atoms with Crippen LogP contribution in [-0.4, -0.2) is 28.9 Å². The van der Waals surface area contributed by atoms with Crippen molar-refractivity contribution in [2.75, 3.05) is 0 Å². The van der Waals surface area contributed by atoms with Crippen LogP contribution in [0.3, 0.4) is 0 Å². The Bertz CT molecular complexity index is 1090. The molecule has 0 bridgehead atoms. The summed E-state index contributed by atoms with van der Waals surface area (Å²) in [5, 5.41) is 0. The van der Waals surface area contributed by atoms with E-state index in [9.17, 15) is 16.8 Å². The highest BCUT2D eigenvalue weighted by Crippen LogP contribution is 2.27. The van der Waals surface area contributed by atoms with E-state index in [1.165, 1.54) is 0 Å². The third kappa shape index (κ3) is 5.25. The van der Waals surface area contributed by atoms with Gasteiger partial charge in [0.2, 0.25) is 20.0 Å². The molecule has 0 aromatic heterocycles. The molecule has 2 N–H and O–H groups in total. The fourth-order valence-corrected chi connectivity index (χ4v) is 8.64. The van der Waals surface area contributed by atoms with Crippen LogP contribution in [0, 0.1) is 41.5 Å². The van der Waals surface area contributed by atoms with Crippen molar-refractivity contribution in [3.8, 4) is 0 Å². The van der Waals surface area contributed by atoms with E-state index in [1.54, 1.807) is 27.7 Å². The molecule has 0 saturated heterocycles. The largest absolute Gasteiger partial charge is 0.241 e. The first kappa shape index (κ1) is 24.9. The molecule has 2 aromatic carbocycles. The second kappa shape index (κ2) is 9.25. The lowest BCUT2D eigenvalue weighted by atomic mass is 9.92. The van der Waals surface area contributed by atoms with Gasteiger partial charge in [-0.1, -0.05) is 48.2 Å². The quantitative estimate of drug-likeness (QED) is 0.654. The molecule has 1 fully saturated rings. The maximum Gasteiger partial charge on any atom is 0.241 e. The Morgan fingerprint density at radius 2 is 0.875 bits per heavy atom. The molecule has 8 heteroatoms. The second-order valence-electron chi connectivity index (χ2n) is 9.20. The molecule has 0 radical (unpaired) electrons. The lowest BCUT2D eigenvalue weighted by Gasteiger charge is -2.33. The summed E-state index contributed by atoms with van der Waals surface area (Å²) in [6, 6.07) is 6.40. The van der Waals surface area contributed by atoms with Crippen LogP contribution in [0.4, 0.5) is 0 Å². The van der Waals surface area contributed by atoms with Gasteiger partial charge in [0.25, 0.3) is 0 Å². The molecule has 6 nitrogen and oxygen atoms in total. The summed E-state index contributed by atoms with van der Waals surface area (Å²) in [5.74, 6) is 0. The van der Waals surface area contributed by atoms with Crippen molar-refractivity contribution >= 4 is 20.0 Å². The van der Waals surface area contributed by atoms with E-state index in [1.807, 2.05) is 38.1 Å². The van der Waals surface area contributed by atoms with Crippen molar-refractivity contribution < 1.29 is 16.8 Å². The van der Waals surface area contributed by atoms with Crippen LogP contribution in [0.2, 0.25) is 0 Å². The standard InChI is InChI=1S/C24H34N2O4S2/c1-15-11-17(3)23(18(4)12-15)31(27,28)25-21-9-7-8-10-22(21)26-32(29,30)24-19(5)13-16(2)14-20(24)6/h11-14,21-22,25-26H,7-10H2,1-6H3. The van der Waals surface area contributed by atoms with Crippen LogP contribution in [-0.2, 0) is 20.0 Å². The minimum atomic E-state index is -3.80. The average Bonchev–Trinajstić information content (AvgIpc) is 2.60. The Morgan fingerprint density at radius 1 is 0.594 bits per heavy atom. The zero-order valence-electron chi connectivity index (χ0n) is 19.7. The first-order valence-corrected chi connectivity index (χ1v) is 14.0. The number of rotatable bonds is 6. The molecule has 1 aliphatic carbocycles.